The fourth-order valence-electron chi connectivity index (χ4n) is 1.60. The maximum atomic E-state index is 11.7. The number of methoxy groups -OCH3 is 1. The van der Waals surface area contributed by atoms with Gasteiger partial charge in [0.1, 0.15) is 11.0 Å². The van der Waals surface area contributed by atoms with Crippen molar-refractivity contribution in [1.82, 2.24) is 4.72 Å². The second kappa shape index (κ2) is 5.32. The Bertz CT molecular complexity index is 425. The van der Waals surface area contributed by atoms with Crippen molar-refractivity contribution in [2.75, 3.05) is 14.2 Å². The zero-order valence-corrected chi connectivity index (χ0v) is 10.5. The Morgan fingerprint density at radius 2 is 1.88 bits per heavy atom. The van der Waals surface area contributed by atoms with Crippen molar-refractivity contribution in [3.8, 4) is 5.75 Å². The minimum atomic E-state index is -3.27. The highest BCUT2D eigenvalue weighted by molar-refractivity contribution is 7.89. The molecule has 0 fully saturated rings. The molecule has 0 amide bonds. The summed E-state index contributed by atoms with van der Waals surface area (Å²) < 4.78 is 30.9. The largest absolute Gasteiger partial charge is 0.497 e. The second-order valence-corrected chi connectivity index (χ2v) is 5.49. The van der Waals surface area contributed by atoms with Gasteiger partial charge in [0.15, 0.2) is 0 Å². The third kappa shape index (κ3) is 2.74. The lowest BCUT2D eigenvalue weighted by atomic mass is 10.1. The van der Waals surface area contributed by atoms with Gasteiger partial charge in [-0.3, -0.25) is 0 Å². The van der Waals surface area contributed by atoms with Gasteiger partial charge < -0.3 is 4.74 Å². The first-order chi connectivity index (χ1) is 7.55. The molecule has 0 saturated carbocycles. The van der Waals surface area contributed by atoms with Crippen LogP contribution in [0.15, 0.2) is 24.3 Å². The van der Waals surface area contributed by atoms with Crippen LogP contribution in [-0.4, -0.2) is 22.6 Å². The van der Waals surface area contributed by atoms with Gasteiger partial charge >= 0.3 is 0 Å². The van der Waals surface area contributed by atoms with Crippen LogP contribution in [0.2, 0.25) is 0 Å². The summed E-state index contributed by atoms with van der Waals surface area (Å²) in [4.78, 5) is 0. The van der Waals surface area contributed by atoms with E-state index < -0.39 is 15.3 Å². The van der Waals surface area contributed by atoms with Crippen LogP contribution in [0.5, 0.6) is 5.75 Å². The Morgan fingerprint density at radius 1 is 1.31 bits per heavy atom. The molecular formula is C11H17NO3S. The predicted octanol–water partition coefficient (Wildman–Crippen LogP) is 1.70. The number of hydrogen-bond acceptors (Lipinski definition) is 3. The molecule has 5 heteroatoms. The molecule has 1 unspecified atom stereocenters. The smallest absolute Gasteiger partial charge is 0.218 e. The minimum absolute atomic E-state index is 0.511. The minimum Gasteiger partial charge on any atom is -0.497 e. The number of hydrogen-bond donors (Lipinski definition) is 1. The predicted molar refractivity (Wildman–Crippen MR) is 64.0 cm³/mol. The van der Waals surface area contributed by atoms with Crippen LogP contribution in [-0.2, 0) is 10.0 Å². The average molecular weight is 243 g/mol. The summed E-state index contributed by atoms with van der Waals surface area (Å²) in [5, 5.41) is -0.511. The van der Waals surface area contributed by atoms with Crippen molar-refractivity contribution in [2.45, 2.75) is 18.6 Å². The van der Waals surface area contributed by atoms with Gasteiger partial charge in [-0.1, -0.05) is 19.1 Å². The van der Waals surface area contributed by atoms with Gasteiger partial charge in [0.05, 0.1) is 7.11 Å². The molecule has 1 N–H and O–H groups in total. The van der Waals surface area contributed by atoms with E-state index in [1.165, 1.54) is 7.05 Å². The van der Waals surface area contributed by atoms with Crippen molar-refractivity contribution < 1.29 is 13.2 Å². The molecule has 0 radical (unpaired) electrons. The van der Waals surface area contributed by atoms with E-state index in [0.29, 0.717) is 6.42 Å². The Hall–Kier alpha value is -1.07. The summed E-state index contributed by atoms with van der Waals surface area (Å²) >= 11 is 0. The van der Waals surface area contributed by atoms with Gasteiger partial charge in [-0.05, 0) is 31.2 Å². The fraction of sp³-hybridized carbons (Fsp3) is 0.455. The Kier molecular flexibility index (Phi) is 4.32. The van der Waals surface area contributed by atoms with Gasteiger partial charge in [0, 0.05) is 0 Å². The first-order valence-electron chi connectivity index (χ1n) is 5.11. The molecule has 4 nitrogen and oxygen atoms in total. The molecule has 0 bridgehead atoms. The van der Waals surface area contributed by atoms with Crippen LogP contribution in [0.4, 0.5) is 0 Å². The summed E-state index contributed by atoms with van der Waals surface area (Å²) in [6.07, 6.45) is 0.537. The number of nitrogens with one attached hydrogen (secondary N) is 1. The summed E-state index contributed by atoms with van der Waals surface area (Å²) in [7, 11) is -0.262. The molecule has 1 atom stereocenters. The van der Waals surface area contributed by atoms with Crippen LogP contribution in [0.1, 0.15) is 24.2 Å². The molecule has 0 aliphatic rings. The highest BCUT2D eigenvalue weighted by atomic mass is 32.2. The summed E-state index contributed by atoms with van der Waals surface area (Å²) in [5.74, 6) is 0.723. The van der Waals surface area contributed by atoms with Crippen LogP contribution in [0, 0.1) is 0 Å². The quantitative estimate of drug-likeness (QED) is 0.856. The molecule has 0 aliphatic heterocycles. The van der Waals surface area contributed by atoms with Crippen molar-refractivity contribution in [3.63, 3.8) is 0 Å². The van der Waals surface area contributed by atoms with E-state index in [9.17, 15) is 8.42 Å². The molecule has 0 saturated heterocycles. The zero-order valence-electron chi connectivity index (χ0n) is 9.73. The van der Waals surface area contributed by atoms with E-state index in [1.807, 2.05) is 6.92 Å². The van der Waals surface area contributed by atoms with Crippen LogP contribution < -0.4 is 9.46 Å². The fourth-order valence-corrected chi connectivity index (χ4v) is 2.83. The zero-order chi connectivity index (χ0) is 12.2. The van der Waals surface area contributed by atoms with Crippen LogP contribution >= 0.6 is 0 Å². The highest BCUT2D eigenvalue weighted by Crippen LogP contribution is 2.26. The maximum Gasteiger partial charge on any atom is 0.218 e. The molecule has 1 aromatic rings. The molecule has 1 rings (SSSR count). The van der Waals surface area contributed by atoms with Gasteiger partial charge in [0.2, 0.25) is 10.0 Å². The maximum absolute atomic E-state index is 11.7. The van der Waals surface area contributed by atoms with Crippen LogP contribution in [0.3, 0.4) is 0 Å². The molecule has 0 spiro atoms. The average Bonchev–Trinajstić information content (AvgIpc) is 2.30. The topological polar surface area (TPSA) is 55.4 Å². The van der Waals surface area contributed by atoms with E-state index in [0.717, 1.165) is 11.3 Å². The third-order valence-electron chi connectivity index (χ3n) is 2.52. The van der Waals surface area contributed by atoms with E-state index in [-0.39, 0.29) is 0 Å². The molecule has 0 aromatic heterocycles. The van der Waals surface area contributed by atoms with Crippen molar-refractivity contribution in [3.05, 3.63) is 29.8 Å². The molecule has 90 valence electrons. The number of rotatable bonds is 5. The van der Waals surface area contributed by atoms with Crippen molar-refractivity contribution in [1.29, 1.82) is 0 Å². The Labute approximate surface area is 96.7 Å². The van der Waals surface area contributed by atoms with E-state index in [4.69, 9.17) is 4.74 Å². The van der Waals surface area contributed by atoms with Gasteiger partial charge in [0.25, 0.3) is 0 Å². The molecule has 0 aliphatic carbocycles. The normalized spacial score (nSPS) is 13.4. The Balaban J connectivity index is 3.05. The van der Waals surface area contributed by atoms with E-state index in [2.05, 4.69) is 4.72 Å². The van der Waals surface area contributed by atoms with Crippen LogP contribution in [0.25, 0.3) is 0 Å². The second-order valence-electron chi connectivity index (χ2n) is 3.42. The van der Waals surface area contributed by atoms with Crippen molar-refractivity contribution >= 4 is 10.0 Å². The SMILES string of the molecule is CCC(c1ccc(OC)cc1)S(=O)(=O)NC. The number of sulfonamides is 1. The van der Waals surface area contributed by atoms with Crippen molar-refractivity contribution in [2.24, 2.45) is 0 Å². The summed E-state index contributed by atoms with van der Waals surface area (Å²) in [6.45, 7) is 1.85. The van der Waals surface area contributed by atoms with Gasteiger partial charge in [-0.15, -0.1) is 0 Å². The Morgan fingerprint density at radius 3 is 2.25 bits per heavy atom. The highest BCUT2D eigenvalue weighted by Gasteiger charge is 2.23. The lowest BCUT2D eigenvalue weighted by Gasteiger charge is -2.15. The third-order valence-corrected chi connectivity index (χ3v) is 4.44. The summed E-state index contributed by atoms with van der Waals surface area (Å²) in [5.41, 5.74) is 0.776. The van der Waals surface area contributed by atoms with Gasteiger partial charge in [-0.25, -0.2) is 13.1 Å². The monoisotopic (exact) mass is 243 g/mol. The number of benzene rings is 1. The van der Waals surface area contributed by atoms with Gasteiger partial charge in [-0.2, -0.15) is 0 Å². The molecule has 1 aromatic carbocycles. The molecule has 16 heavy (non-hydrogen) atoms. The van der Waals surface area contributed by atoms with E-state index in [1.54, 1.807) is 31.4 Å². The lowest BCUT2D eigenvalue weighted by Crippen LogP contribution is -2.25. The lowest BCUT2D eigenvalue weighted by molar-refractivity contribution is 0.414. The number of ether oxygens (including phenoxy) is 1. The van der Waals surface area contributed by atoms with E-state index >= 15 is 0 Å². The molecule has 0 heterocycles. The molecular weight excluding hydrogens is 226 g/mol. The first-order valence-corrected chi connectivity index (χ1v) is 6.66. The first kappa shape index (κ1) is 13.0. The standard InChI is InChI=1S/C11H17NO3S/c1-4-11(16(13,14)12-2)9-5-7-10(15-3)8-6-9/h5-8,11-12H,4H2,1-3H3. The summed E-state index contributed by atoms with van der Waals surface area (Å²) in [6, 6.07) is 7.09.